The summed E-state index contributed by atoms with van der Waals surface area (Å²) in [6, 6.07) is 0. The summed E-state index contributed by atoms with van der Waals surface area (Å²) < 4.78 is 5.17. The number of ether oxygens (including phenoxy) is 1. The highest BCUT2D eigenvalue weighted by Gasteiger charge is 2.22. The van der Waals surface area contributed by atoms with Crippen molar-refractivity contribution in [3.63, 3.8) is 0 Å². The van der Waals surface area contributed by atoms with Crippen LogP contribution in [0.5, 0.6) is 0 Å². The number of rotatable bonds is 2. The second-order valence-corrected chi connectivity index (χ2v) is 2.70. The Morgan fingerprint density at radius 2 is 2.44 bits per heavy atom. The van der Waals surface area contributed by atoms with E-state index in [1.54, 1.807) is 0 Å². The molecule has 1 fully saturated rings. The van der Waals surface area contributed by atoms with Gasteiger partial charge in [0, 0.05) is 12.3 Å². The van der Waals surface area contributed by atoms with Crippen molar-refractivity contribution in [2.75, 3.05) is 12.5 Å². The van der Waals surface area contributed by atoms with E-state index in [0.29, 0.717) is 12.5 Å². The van der Waals surface area contributed by atoms with E-state index in [-0.39, 0.29) is 12.2 Å². The van der Waals surface area contributed by atoms with Gasteiger partial charge in [0.05, 0.1) is 18.8 Å². The molecular formula is C6H11ClO2. The van der Waals surface area contributed by atoms with Gasteiger partial charge in [-0.05, 0) is 6.42 Å². The maximum Gasteiger partial charge on any atom is 0.0798 e. The summed E-state index contributed by atoms with van der Waals surface area (Å²) in [5, 5.41) is 8.96. The highest BCUT2D eigenvalue weighted by atomic mass is 35.5. The first-order valence-corrected chi connectivity index (χ1v) is 3.72. The van der Waals surface area contributed by atoms with Crippen molar-refractivity contribution in [2.45, 2.75) is 25.0 Å². The molecule has 0 aromatic heterocycles. The van der Waals surface area contributed by atoms with Crippen molar-refractivity contribution in [3.8, 4) is 0 Å². The molecule has 0 radical (unpaired) electrons. The highest BCUT2D eigenvalue weighted by Crippen LogP contribution is 2.15. The van der Waals surface area contributed by atoms with Crippen molar-refractivity contribution in [3.05, 3.63) is 0 Å². The average molecular weight is 151 g/mol. The van der Waals surface area contributed by atoms with Gasteiger partial charge in [-0.1, -0.05) is 0 Å². The lowest BCUT2D eigenvalue weighted by Gasteiger charge is -2.03. The molecule has 0 bridgehead atoms. The van der Waals surface area contributed by atoms with E-state index in [4.69, 9.17) is 21.4 Å². The molecule has 0 saturated carbocycles. The Labute approximate surface area is 59.8 Å². The van der Waals surface area contributed by atoms with Crippen LogP contribution in [0.1, 0.15) is 12.8 Å². The summed E-state index contributed by atoms with van der Waals surface area (Å²) in [4.78, 5) is 0. The second-order valence-electron chi connectivity index (χ2n) is 2.32. The van der Waals surface area contributed by atoms with E-state index in [9.17, 15) is 0 Å². The van der Waals surface area contributed by atoms with Crippen LogP contribution in [-0.4, -0.2) is 29.8 Å². The third kappa shape index (κ3) is 2.12. The quantitative estimate of drug-likeness (QED) is 0.590. The molecule has 0 spiro atoms. The molecule has 0 aromatic rings. The summed E-state index contributed by atoms with van der Waals surface area (Å²) in [6.45, 7) is 0.488. The zero-order valence-electron chi connectivity index (χ0n) is 5.22. The summed E-state index contributed by atoms with van der Waals surface area (Å²) in [7, 11) is 0. The molecule has 0 aliphatic carbocycles. The van der Waals surface area contributed by atoms with E-state index in [2.05, 4.69) is 0 Å². The van der Waals surface area contributed by atoms with Gasteiger partial charge >= 0.3 is 0 Å². The normalized spacial score (nSPS) is 35.3. The van der Waals surface area contributed by atoms with E-state index >= 15 is 0 Å². The second kappa shape index (κ2) is 3.40. The molecule has 1 heterocycles. The number of aliphatic hydroxyl groups excluding tert-OH is 1. The lowest BCUT2D eigenvalue weighted by atomic mass is 10.2. The molecule has 3 heteroatoms. The molecule has 0 aromatic carbocycles. The largest absolute Gasteiger partial charge is 0.391 e. The monoisotopic (exact) mass is 150 g/mol. The molecule has 1 rings (SSSR count). The van der Waals surface area contributed by atoms with Crippen LogP contribution >= 0.6 is 11.6 Å². The van der Waals surface area contributed by atoms with Gasteiger partial charge in [0.1, 0.15) is 0 Å². The van der Waals surface area contributed by atoms with Crippen LogP contribution in [-0.2, 0) is 4.74 Å². The Morgan fingerprint density at radius 1 is 1.67 bits per heavy atom. The fourth-order valence-corrected chi connectivity index (χ4v) is 1.25. The van der Waals surface area contributed by atoms with Crippen LogP contribution in [0.25, 0.3) is 0 Å². The molecule has 2 unspecified atom stereocenters. The highest BCUT2D eigenvalue weighted by molar-refractivity contribution is 6.17. The molecule has 1 saturated heterocycles. The zero-order valence-corrected chi connectivity index (χ0v) is 5.97. The molecule has 2 nitrogen and oxygen atoms in total. The van der Waals surface area contributed by atoms with Gasteiger partial charge in [-0.3, -0.25) is 0 Å². The molecule has 54 valence electrons. The van der Waals surface area contributed by atoms with Crippen LogP contribution in [0.4, 0.5) is 0 Å². The summed E-state index contributed by atoms with van der Waals surface area (Å²) in [5.74, 6) is 0.622. The van der Waals surface area contributed by atoms with Gasteiger partial charge in [-0.2, -0.15) is 0 Å². The number of hydrogen-bond acceptors (Lipinski definition) is 2. The molecule has 2 atom stereocenters. The van der Waals surface area contributed by atoms with Gasteiger partial charge in [-0.25, -0.2) is 0 Å². The Bertz CT molecular complexity index is 85.1. The Morgan fingerprint density at radius 3 is 2.89 bits per heavy atom. The van der Waals surface area contributed by atoms with Gasteiger partial charge < -0.3 is 9.84 Å². The molecular weight excluding hydrogens is 140 g/mol. The SMILES string of the molecule is OC1COC(CCCl)C1. The third-order valence-electron chi connectivity index (χ3n) is 1.49. The van der Waals surface area contributed by atoms with Crippen LogP contribution in [0, 0.1) is 0 Å². The van der Waals surface area contributed by atoms with Gasteiger partial charge in [0.25, 0.3) is 0 Å². The fraction of sp³-hybridized carbons (Fsp3) is 1.00. The van der Waals surface area contributed by atoms with Crippen molar-refractivity contribution in [2.24, 2.45) is 0 Å². The van der Waals surface area contributed by atoms with Crippen molar-refractivity contribution >= 4 is 11.6 Å². The molecule has 1 aliphatic rings. The van der Waals surface area contributed by atoms with Crippen LogP contribution < -0.4 is 0 Å². The first-order chi connectivity index (χ1) is 4.33. The van der Waals surface area contributed by atoms with E-state index < -0.39 is 0 Å². The maximum absolute atomic E-state index is 8.96. The van der Waals surface area contributed by atoms with Gasteiger partial charge in [0.15, 0.2) is 0 Å². The zero-order chi connectivity index (χ0) is 6.69. The number of hydrogen-bond donors (Lipinski definition) is 1. The summed E-state index contributed by atoms with van der Waals surface area (Å²) in [5.41, 5.74) is 0. The van der Waals surface area contributed by atoms with Crippen LogP contribution in [0.2, 0.25) is 0 Å². The number of halogens is 1. The Balaban J connectivity index is 2.14. The standard InChI is InChI=1S/C6H11ClO2/c7-2-1-6-3-5(8)4-9-6/h5-6,8H,1-4H2. The van der Waals surface area contributed by atoms with E-state index in [0.717, 1.165) is 12.8 Å². The first kappa shape index (κ1) is 7.32. The van der Waals surface area contributed by atoms with E-state index in [1.807, 2.05) is 0 Å². The van der Waals surface area contributed by atoms with Crippen LogP contribution in [0.15, 0.2) is 0 Å². The fourth-order valence-electron chi connectivity index (χ4n) is 1.01. The van der Waals surface area contributed by atoms with Crippen LogP contribution in [0.3, 0.4) is 0 Å². The average Bonchev–Trinajstić information content (AvgIpc) is 2.17. The predicted octanol–water partition coefficient (Wildman–Crippen LogP) is 0.765. The lowest BCUT2D eigenvalue weighted by Crippen LogP contribution is -2.06. The minimum absolute atomic E-state index is 0.206. The molecule has 0 amide bonds. The summed E-state index contributed by atoms with van der Waals surface area (Å²) >= 11 is 5.47. The topological polar surface area (TPSA) is 29.5 Å². The Kier molecular flexibility index (Phi) is 2.76. The van der Waals surface area contributed by atoms with Gasteiger partial charge in [-0.15, -0.1) is 11.6 Å². The predicted molar refractivity (Wildman–Crippen MR) is 35.7 cm³/mol. The molecule has 9 heavy (non-hydrogen) atoms. The molecule has 1 aliphatic heterocycles. The third-order valence-corrected chi connectivity index (χ3v) is 1.71. The van der Waals surface area contributed by atoms with E-state index in [1.165, 1.54) is 0 Å². The van der Waals surface area contributed by atoms with Gasteiger partial charge in [0.2, 0.25) is 0 Å². The molecule has 1 N–H and O–H groups in total. The minimum atomic E-state index is -0.252. The Hall–Kier alpha value is 0.210. The summed E-state index contributed by atoms with van der Waals surface area (Å²) in [6.07, 6.45) is 1.57. The van der Waals surface area contributed by atoms with Crippen molar-refractivity contribution < 1.29 is 9.84 Å². The lowest BCUT2D eigenvalue weighted by molar-refractivity contribution is 0.0873. The minimum Gasteiger partial charge on any atom is -0.391 e. The number of alkyl halides is 1. The van der Waals surface area contributed by atoms with Crippen molar-refractivity contribution in [1.29, 1.82) is 0 Å². The first-order valence-electron chi connectivity index (χ1n) is 3.18. The number of aliphatic hydroxyl groups is 1. The maximum atomic E-state index is 8.96. The van der Waals surface area contributed by atoms with Crippen molar-refractivity contribution in [1.82, 2.24) is 0 Å². The smallest absolute Gasteiger partial charge is 0.0798 e.